The molecule has 1 amide bonds. The van der Waals surface area contributed by atoms with E-state index in [2.05, 4.69) is 9.89 Å². The van der Waals surface area contributed by atoms with Crippen LogP contribution in [0.15, 0.2) is 35.5 Å². The highest BCUT2D eigenvalue weighted by Gasteiger charge is 2.62. The van der Waals surface area contributed by atoms with Gasteiger partial charge in [-0.15, -0.1) is 0 Å². The molecule has 0 aromatic heterocycles. The van der Waals surface area contributed by atoms with Gasteiger partial charge in [0.2, 0.25) is 0 Å². The van der Waals surface area contributed by atoms with Gasteiger partial charge in [0, 0.05) is 30.6 Å². The van der Waals surface area contributed by atoms with Crippen molar-refractivity contribution in [2.75, 3.05) is 26.9 Å². The molecule has 0 saturated carbocycles. The van der Waals surface area contributed by atoms with Crippen LogP contribution in [0.4, 0.5) is 31.1 Å². The zero-order chi connectivity index (χ0) is 32.8. The first-order valence-corrected chi connectivity index (χ1v) is 14.6. The van der Waals surface area contributed by atoms with Gasteiger partial charge >= 0.3 is 18.1 Å². The third-order valence-corrected chi connectivity index (χ3v) is 9.05. The van der Waals surface area contributed by atoms with Crippen molar-refractivity contribution in [2.24, 2.45) is 5.16 Å². The number of carbonyl (C=O) groups is 2. The average molecular weight is 692 g/mol. The van der Waals surface area contributed by atoms with Crippen molar-refractivity contribution >= 4 is 51.0 Å². The zero-order valence-corrected chi connectivity index (χ0v) is 24.8. The number of oxime groups is 1. The number of ether oxygens (including phenoxy) is 2. The number of halogens is 8. The lowest BCUT2D eigenvalue weighted by Gasteiger charge is -2.43. The van der Waals surface area contributed by atoms with Gasteiger partial charge in [-0.3, -0.25) is 9.69 Å². The second-order valence-electron chi connectivity index (χ2n) is 9.69. The molecule has 240 valence electrons. The third kappa shape index (κ3) is 6.14. The molecule has 2 heterocycles. The molecular weight excluding hydrogens is 671 g/mol. The molecule has 2 aromatic carbocycles. The van der Waals surface area contributed by atoms with Crippen LogP contribution in [0.25, 0.3) is 0 Å². The largest absolute Gasteiger partial charge is 0.509 e. The molecule has 0 aliphatic carbocycles. The Balaban J connectivity index is 1.59. The molecule has 2 aromatic rings. The number of aryl methyl sites for hydroxylation is 1. The summed E-state index contributed by atoms with van der Waals surface area (Å²) in [6.07, 6.45) is -7.10. The summed E-state index contributed by atoms with van der Waals surface area (Å²) in [5.41, 5.74) is -3.52. The lowest BCUT2D eigenvalue weighted by molar-refractivity contribution is -0.275. The Morgan fingerprint density at radius 3 is 2.32 bits per heavy atom. The molecule has 2 aliphatic heterocycles. The highest BCUT2D eigenvalue weighted by molar-refractivity contribution is 7.89. The van der Waals surface area contributed by atoms with Crippen LogP contribution in [0.5, 0.6) is 0 Å². The fourth-order valence-corrected chi connectivity index (χ4v) is 6.00. The molecular formula is C25H21Cl2F6N3O7S. The number of alkyl halides is 5. The normalized spacial score (nSPS) is 19.3. The standard InChI is InChI=1S/C25H21Cl2F6N3O7S/c1-12-5-13(19-8-24(43-34-19,25(31,32)33)14-6-17(26)20(28)18(27)7-14)3-4-16(12)21(37)36(11-42-23(38)41-2)15-9-35(10-15)44(39,40)22(29)30/h3-7,15,22H,8-11H2,1-2H3/t24-/m0/s1. The Morgan fingerprint density at radius 2 is 1.80 bits per heavy atom. The molecule has 0 spiro atoms. The predicted octanol–water partition coefficient (Wildman–Crippen LogP) is 5.44. The van der Waals surface area contributed by atoms with Crippen LogP contribution < -0.4 is 0 Å². The van der Waals surface area contributed by atoms with Gasteiger partial charge in [0.1, 0.15) is 0 Å². The number of nitrogens with zero attached hydrogens (tertiary/aromatic N) is 3. The van der Waals surface area contributed by atoms with Crippen LogP contribution >= 0.6 is 23.2 Å². The summed E-state index contributed by atoms with van der Waals surface area (Å²) in [6, 6.07) is 4.36. The van der Waals surface area contributed by atoms with E-state index in [1.165, 1.54) is 25.1 Å². The summed E-state index contributed by atoms with van der Waals surface area (Å²) in [5.74, 6) is -5.59. The first-order chi connectivity index (χ1) is 20.4. The van der Waals surface area contributed by atoms with Crippen molar-refractivity contribution in [1.29, 1.82) is 0 Å². The summed E-state index contributed by atoms with van der Waals surface area (Å²) in [4.78, 5) is 30.8. The fraction of sp³-hybridized carbons (Fsp3) is 0.400. The van der Waals surface area contributed by atoms with Gasteiger partial charge in [0.05, 0.1) is 28.9 Å². The molecule has 44 heavy (non-hydrogen) atoms. The Labute approximate surface area is 256 Å². The number of hydrogen-bond donors (Lipinski definition) is 0. The van der Waals surface area contributed by atoms with Gasteiger partial charge < -0.3 is 14.3 Å². The topological polar surface area (TPSA) is 115 Å². The fourth-order valence-electron chi connectivity index (χ4n) is 4.53. The second-order valence-corrected chi connectivity index (χ2v) is 12.4. The average Bonchev–Trinajstić information content (AvgIpc) is 3.39. The van der Waals surface area contributed by atoms with Crippen molar-refractivity contribution < 1.29 is 58.7 Å². The number of amides is 1. The first kappa shape index (κ1) is 33.6. The molecule has 4 rings (SSSR count). The minimum atomic E-state index is -5.05. The number of benzene rings is 2. The lowest BCUT2D eigenvalue weighted by atomic mass is 9.86. The highest BCUT2D eigenvalue weighted by Crippen LogP contribution is 2.50. The third-order valence-electron chi connectivity index (χ3n) is 7.03. The second kappa shape index (κ2) is 12.3. The van der Waals surface area contributed by atoms with Crippen molar-refractivity contribution in [3.05, 3.63) is 68.4 Å². The first-order valence-electron chi connectivity index (χ1n) is 12.3. The summed E-state index contributed by atoms with van der Waals surface area (Å²) in [7, 11) is -3.91. The van der Waals surface area contributed by atoms with E-state index in [0.29, 0.717) is 4.31 Å². The highest BCUT2D eigenvalue weighted by atomic mass is 35.5. The van der Waals surface area contributed by atoms with E-state index in [9.17, 15) is 44.3 Å². The molecule has 0 N–H and O–H groups in total. The quantitative estimate of drug-likeness (QED) is 0.157. The Bertz CT molecular complexity index is 1600. The van der Waals surface area contributed by atoms with E-state index in [0.717, 1.165) is 24.1 Å². The number of sulfonamides is 1. The van der Waals surface area contributed by atoms with Crippen molar-refractivity contribution in [1.82, 2.24) is 9.21 Å². The van der Waals surface area contributed by atoms with Gasteiger partial charge in [-0.1, -0.05) is 34.4 Å². The molecule has 0 bridgehead atoms. The molecule has 1 atom stereocenters. The van der Waals surface area contributed by atoms with Gasteiger partial charge in [-0.2, -0.15) is 26.3 Å². The Hall–Kier alpha value is -3.28. The molecule has 0 radical (unpaired) electrons. The maximum absolute atomic E-state index is 14.4. The molecule has 1 fully saturated rings. The Kier molecular flexibility index (Phi) is 9.36. The van der Waals surface area contributed by atoms with E-state index in [-0.39, 0.29) is 22.4 Å². The van der Waals surface area contributed by atoms with E-state index < -0.39 is 93.3 Å². The summed E-state index contributed by atoms with van der Waals surface area (Å²) in [5, 5.41) is 2.30. The summed E-state index contributed by atoms with van der Waals surface area (Å²) >= 11 is 11.5. The van der Waals surface area contributed by atoms with Gasteiger partial charge in [-0.05, 0) is 42.3 Å². The molecule has 2 aliphatic rings. The van der Waals surface area contributed by atoms with Crippen molar-refractivity contribution in [3.8, 4) is 0 Å². The van der Waals surface area contributed by atoms with E-state index >= 15 is 0 Å². The Morgan fingerprint density at radius 1 is 1.18 bits per heavy atom. The van der Waals surface area contributed by atoms with Crippen molar-refractivity contribution in [3.63, 3.8) is 0 Å². The van der Waals surface area contributed by atoms with Crippen LogP contribution in [-0.4, -0.2) is 80.3 Å². The smallest absolute Gasteiger partial charge is 0.438 e. The zero-order valence-electron chi connectivity index (χ0n) is 22.5. The van der Waals surface area contributed by atoms with Gasteiger partial charge in [-0.25, -0.2) is 17.6 Å². The molecule has 19 heteroatoms. The molecule has 1 saturated heterocycles. The van der Waals surface area contributed by atoms with Crippen molar-refractivity contribution in [2.45, 2.75) is 36.9 Å². The lowest BCUT2D eigenvalue weighted by Crippen LogP contribution is -2.63. The number of methoxy groups -OCH3 is 1. The van der Waals surface area contributed by atoms with Crippen LogP contribution in [-0.2, 0) is 29.9 Å². The summed E-state index contributed by atoms with van der Waals surface area (Å²) < 4.78 is 116. The SMILES string of the molecule is COC(=O)OCN(C(=O)c1ccc(C2=NO[C@@](c3cc(Cl)c(F)c(Cl)c3)(C(F)(F)F)C2)cc1C)C1CN(S(=O)(=O)C(F)F)C1. The minimum absolute atomic E-state index is 0.0314. The van der Waals surface area contributed by atoms with Crippen LogP contribution in [0.2, 0.25) is 10.0 Å². The maximum Gasteiger partial charge on any atom is 0.509 e. The van der Waals surface area contributed by atoms with E-state index in [1.807, 2.05) is 0 Å². The van der Waals surface area contributed by atoms with E-state index in [1.54, 1.807) is 0 Å². The van der Waals surface area contributed by atoms with Crippen LogP contribution in [0, 0.1) is 12.7 Å². The molecule has 0 unspecified atom stereocenters. The summed E-state index contributed by atoms with van der Waals surface area (Å²) in [6.45, 7) is -0.301. The van der Waals surface area contributed by atoms with Gasteiger partial charge in [0.15, 0.2) is 12.5 Å². The predicted molar refractivity (Wildman–Crippen MR) is 142 cm³/mol. The number of rotatable bonds is 8. The van der Waals surface area contributed by atoms with Crippen LogP contribution in [0.1, 0.15) is 33.5 Å². The monoisotopic (exact) mass is 691 g/mol. The maximum atomic E-state index is 14.4. The minimum Gasteiger partial charge on any atom is -0.438 e. The number of hydrogen-bond acceptors (Lipinski definition) is 8. The molecule has 10 nitrogen and oxygen atoms in total. The van der Waals surface area contributed by atoms with Crippen LogP contribution in [0.3, 0.4) is 0 Å². The number of carbonyl (C=O) groups excluding carboxylic acids is 2. The van der Waals surface area contributed by atoms with Gasteiger partial charge in [0.25, 0.3) is 21.5 Å². The van der Waals surface area contributed by atoms with E-state index in [4.69, 9.17) is 32.8 Å².